The number of hydrogen-bond acceptors (Lipinski definition) is 6. The average Bonchev–Trinajstić information content (AvgIpc) is 3.71. The zero-order valence-electron chi connectivity index (χ0n) is 21.4. The molecule has 1 saturated carbocycles. The fourth-order valence-corrected chi connectivity index (χ4v) is 4.98. The summed E-state index contributed by atoms with van der Waals surface area (Å²) in [5, 5.41) is 9.19. The number of benzene rings is 1. The normalized spacial score (nSPS) is 17.9. The van der Waals surface area contributed by atoms with Gasteiger partial charge in [0.25, 0.3) is 11.8 Å². The van der Waals surface area contributed by atoms with Crippen molar-refractivity contribution in [1.29, 1.82) is 0 Å². The molecule has 1 aromatic carbocycles. The van der Waals surface area contributed by atoms with Crippen molar-refractivity contribution in [1.82, 2.24) is 9.97 Å². The Labute approximate surface area is 224 Å². The van der Waals surface area contributed by atoms with E-state index in [-0.39, 0.29) is 37.2 Å². The van der Waals surface area contributed by atoms with Gasteiger partial charge in [-0.15, -0.1) is 0 Å². The van der Waals surface area contributed by atoms with Gasteiger partial charge in [0.1, 0.15) is 5.82 Å². The Kier molecular flexibility index (Phi) is 6.25. The summed E-state index contributed by atoms with van der Waals surface area (Å²) in [6.07, 6.45) is 6.50. The van der Waals surface area contributed by atoms with E-state index in [2.05, 4.69) is 25.9 Å². The van der Waals surface area contributed by atoms with Crippen LogP contribution in [0.3, 0.4) is 0 Å². The second kappa shape index (κ2) is 9.76. The Morgan fingerprint density at radius 3 is 2.59 bits per heavy atom. The third-order valence-corrected chi connectivity index (χ3v) is 7.27. The number of rotatable bonds is 6. The van der Waals surface area contributed by atoms with Gasteiger partial charge in [0.2, 0.25) is 5.91 Å². The molecule has 6 rings (SSSR count). The van der Waals surface area contributed by atoms with E-state index >= 15 is 0 Å². The summed E-state index contributed by atoms with van der Waals surface area (Å²) in [6.45, 7) is 2.33. The third-order valence-electron chi connectivity index (χ3n) is 7.27. The van der Waals surface area contributed by atoms with Crippen LogP contribution in [0.1, 0.15) is 31.7 Å². The number of aromatic nitrogens is 2. The van der Waals surface area contributed by atoms with E-state index in [0.29, 0.717) is 29.3 Å². The molecule has 39 heavy (non-hydrogen) atoms. The van der Waals surface area contributed by atoms with Crippen LogP contribution < -0.4 is 20.9 Å². The fourth-order valence-electron chi connectivity index (χ4n) is 4.98. The van der Waals surface area contributed by atoms with Crippen molar-refractivity contribution in [2.45, 2.75) is 32.1 Å². The molecule has 1 aliphatic carbocycles. The van der Waals surface area contributed by atoms with Crippen LogP contribution in [0.5, 0.6) is 0 Å². The van der Waals surface area contributed by atoms with Gasteiger partial charge >= 0.3 is 0 Å². The molecule has 0 unspecified atom stereocenters. The van der Waals surface area contributed by atoms with E-state index in [9.17, 15) is 18.4 Å². The van der Waals surface area contributed by atoms with Gasteiger partial charge in [-0.1, -0.05) is 6.07 Å². The number of hydrogen-bond donors (Lipinski definition) is 3. The Hall–Kier alpha value is -4.34. The fraction of sp³-hybridized carbons (Fsp3) is 0.310. The topological polar surface area (TPSA) is 99.2 Å². The predicted molar refractivity (Wildman–Crippen MR) is 147 cm³/mol. The van der Waals surface area contributed by atoms with Gasteiger partial charge in [0, 0.05) is 54.0 Å². The first kappa shape index (κ1) is 25.0. The number of alkyl halides is 2. The highest BCUT2D eigenvalue weighted by molar-refractivity contribution is 6.28. The quantitative estimate of drug-likeness (QED) is 0.407. The summed E-state index contributed by atoms with van der Waals surface area (Å²) in [5.41, 5.74) is 5.83. The standard InChI is InChI=1S/C29H28F2N6O2/c1-17-12-33-24-6-4-19(20-10-22(14-32-13-20)36-27(38)18-2-3-18)11-23(24)26(17)28(39)35-21-5-7-25(34-15-21)37-9-8-29(30,31)16-37/h4-7,10-11,13-15,18,33H,2-3,8-9,12,16H2,1H3,(H,35,39)(H,36,38). The zero-order valence-corrected chi connectivity index (χ0v) is 21.4. The van der Waals surface area contributed by atoms with Gasteiger partial charge in [-0.05, 0) is 61.2 Å². The molecule has 0 spiro atoms. The van der Waals surface area contributed by atoms with Crippen molar-refractivity contribution < 1.29 is 18.4 Å². The number of pyridine rings is 2. The van der Waals surface area contributed by atoms with E-state index < -0.39 is 5.92 Å². The van der Waals surface area contributed by atoms with Crippen LogP contribution in [-0.4, -0.2) is 47.3 Å². The van der Waals surface area contributed by atoms with Crippen LogP contribution >= 0.6 is 0 Å². The Morgan fingerprint density at radius 2 is 1.87 bits per heavy atom. The number of carbonyl (C=O) groups excluding carboxylic acids is 2. The van der Waals surface area contributed by atoms with Gasteiger partial charge in [0.15, 0.2) is 0 Å². The van der Waals surface area contributed by atoms with Gasteiger partial charge in [0.05, 0.1) is 30.3 Å². The van der Waals surface area contributed by atoms with Crippen molar-refractivity contribution in [3.8, 4) is 11.1 Å². The smallest absolute Gasteiger partial charge is 0.266 e. The molecule has 8 nitrogen and oxygen atoms in total. The maximum Gasteiger partial charge on any atom is 0.266 e. The maximum absolute atomic E-state index is 13.6. The van der Waals surface area contributed by atoms with E-state index in [1.165, 1.54) is 6.20 Å². The molecular formula is C29H28F2N6O2. The molecule has 3 N–H and O–H groups in total. The molecule has 2 fully saturated rings. The highest BCUT2D eigenvalue weighted by atomic mass is 19.3. The molecule has 1 saturated heterocycles. The number of fused-ring (bicyclic) bond motifs is 1. The molecule has 4 heterocycles. The Morgan fingerprint density at radius 1 is 1.03 bits per heavy atom. The second-order valence-corrected chi connectivity index (χ2v) is 10.4. The lowest BCUT2D eigenvalue weighted by molar-refractivity contribution is -0.117. The SMILES string of the molecule is CC1=C(C(=O)Nc2ccc(N3CCC(F)(F)C3)nc2)c2cc(-c3cncc(NC(=O)C4CC4)c3)ccc2NC1. The highest BCUT2D eigenvalue weighted by Crippen LogP contribution is 2.36. The van der Waals surface area contributed by atoms with Crippen LogP contribution in [-0.2, 0) is 9.59 Å². The van der Waals surface area contributed by atoms with Crippen LogP contribution in [0.2, 0.25) is 0 Å². The first-order valence-electron chi connectivity index (χ1n) is 13.0. The minimum atomic E-state index is -2.71. The molecule has 0 atom stereocenters. The van der Waals surface area contributed by atoms with Crippen molar-refractivity contribution in [2.24, 2.45) is 5.92 Å². The van der Waals surface area contributed by atoms with E-state index in [1.807, 2.05) is 31.2 Å². The number of halogens is 2. The van der Waals surface area contributed by atoms with Gasteiger partial charge in [-0.2, -0.15) is 0 Å². The Balaban J connectivity index is 1.22. The lowest BCUT2D eigenvalue weighted by atomic mass is 9.91. The zero-order chi connectivity index (χ0) is 27.1. The number of amides is 2. The predicted octanol–water partition coefficient (Wildman–Crippen LogP) is 5.18. The minimum absolute atomic E-state index is 0.0157. The van der Waals surface area contributed by atoms with Crippen LogP contribution in [0.25, 0.3) is 16.7 Å². The summed E-state index contributed by atoms with van der Waals surface area (Å²) in [5.74, 6) is -2.42. The number of nitrogens with one attached hydrogen (secondary N) is 3. The molecule has 2 aliphatic heterocycles. The van der Waals surface area contributed by atoms with Crippen LogP contribution in [0, 0.1) is 5.92 Å². The molecule has 3 aromatic rings. The summed E-state index contributed by atoms with van der Waals surface area (Å²) < 4.78 is 27.2. The molecule has 0 bridgehead atoms. The van der Waals surface area contributed by atoms with E-state index in [0.717, 1.165) is 40.8 Å². The molecule has 2 aromatic heterocycles. The van der Waals surface area contributed by atoms with Crippen molar-refractivity contribution in [2.75, 3.05) is 40.5 Å². The lowest BCUT2D eigenvalue weighted by Crippen LogP contribution is -2.25. The number of carbonyl (C=O) groups is 2. The number of nitrogens with zero attached hydrogens (tertiary/aromatic N) is 3. The molecule has 200 valence electrons. The highest BCUT2D eigenvalue weighted by Gasteiger charge is 2.38. The molecule has 2 amide bonds. The number of anilines is 4. The summed E-state index contributed by atoms with van der Waals surface area (Å²) in [6, 6.07) is 11.0. The first-order chi connectivity index (χ1) is 18.8. The van der Waals surface area contributed by atoms with Crippen LogP contribution in [0.15, 0.2) is 60.6 Å². The Bertz CT molecular complexity index is 1480. The van der Waals surface area contributed by atoms with E-state index in [4.69, 9.17) is 0 Å². The minimum Gasteiger partial charge on any atom is -0.381 e. The molecular weight excluding hydrogens is 502 g/mol. The first-order valence-corrected chi connectivity index (χ1v) is 13.0. The average molecular weight is 531 g/mol. The van der Waals surface area contributed by atoms with Crippen molar-refractivity contribution in [3.63, 3.8) is 0 Å². The van der Waals surface area contributed by atoms with Crippen LogP contribution in [0.4, 0.5) is 31.7 Å². The second-order valence-electron chi connectivity index (χ2n) is 10.4. The van der Waals surface area contributed by atoms with Crippen molar-refractivity contribution >= 4 is 40.3 Å². The van der Waals surface area contributed by atoms with Gasteiger partial charge < -0.3 is 20.9 Å². The summed E-state index contributed by atoms with van der Waals surface area (Å²) in [4.78, 5) is 35.8. The monoisotopic (exact) mass is 530 g/mol. The van der Waals surface area contributed by atoms with Gasteiger partial charge in [-0.25, -0.2) is 13.8 Å². The summed E-state index contributed by atoms with van der Waals surface area (Å²) in [7, 11) is 0. The largest absolute Gasteiger partial charge is 0.381 e. The molecule has 0 radical (unpaired) electrons. The maximum atomic E-state index is 13.6. The van der Waals surface area contributed by atoms with Crippen molar-refractivity contribution in [3.05, 3.63) is 66.1 Å². The summed E-state index contributed by atoms with van der Waals surface area (Å²) >= 11 is 0. The third kappa shape index (κ3) is 5.32. The molecule has 3 aliphatic rings. The molecule has 10 heteroatoms. The van der Waals surface area contributed by atoms with E-state index in [1.54, 1.807) is 29.4 Å². The van der Waals surface area contributed by atoms with Gasteiger partial charge in [-0.3, -0.25) is 14.6 Å². The lowest BCUT2D eigenvalue weighted by Gasteiger charge is -2.24.